The molecule has 0 spiro atoms. The molecule has 140 valence electrons. The van der Waals surface area contributed by atoms with Crippen LogP contribution in [-0.4, -0.2) is 37.2 Å². The minimum atomic E-state index is -1.18. The lowest BCUT2D eigenvalue weighted by Crippen LogP contribution is -2.03. The lowest BCUT2D eigenvalue weighted by Gasteiger charge is -2.02. The van der Waals surface area contributed by atoms with Crippen molar-refractivity contribution in [1.82, 2.24) is 9.97 Å². The number of pyridine rings is 2. The molecule has 8 heteroatoms. The van der Waals surface area contributed by atoms with Crippen LogP contribution in [0.3, 0.4) is 0 Å². The molecule has 0 aliphatic heterocycles. The maximum atomic E-state index is 10.9. The van der Waals surface area contributed by atoms with Crippen molar-refractivity contribution in [3.05, 3.63) is 77.1 Å². The molecule has 28 heavy (non-hydrogen) atoms. The number of para-hydroxylation sites is 1. The SMILES string of the molecule is O=C(O)c1ccc2cccc(C(=O)O)c2n1.Oc1ccnc2cc(Cl)ccc12. The molecule has 2 aromatic heterocycles. The van der Waals surface area contributed by atoms with Gasteiger partial charge in [-0.25, -0.2) is 14.6 Å². The van der Waals surface area contributed by atoms with Gasteiger partial charge in [0.25, 0.3) is 0 Å². The smallest absolute Gasteiger partial charge is 0.354 e. The summed E-state index contributed by atoms with van der Waals surface area (Å²) >= 11 is 5.75. The highest BCUT2D eigenvalue weighted by molar-refractivity contribution is 6.31. The maximum absolute atomic E-state index is 10.9. The van der Waals surface area contributed by atoms with Crippen molar-refractivity contribution in [2.24, 2.45) is 0 Å². The van der Waals surface area contributed by atoms with Crippen molar-refractivity contribution >= 4 is 45.3 Å². The number of aromatic nitrogens is 2. The summed E-state index contributed by atoms with van der Waals surface area (Å²) in [6, 6.07) is 14.3. The van der Waals surface area contributed by atoms with Crippen molar-refractivity contribution in [2.75, 3.05) is 0 Å². The van der Waals surface area contributed by atoms with Crippen LogP contribution in [0.5, 0.6) is 5.75 Å². The molecule has 2 aromatic carbocycles. The summed E-state index contributed by atoms with van der Waals surface area (Å²) in [6.45, 7) is 0. The Morgan fingerprint density at radius 1 is 0.929 bits per heavy atom. The van der Waals surface area contributed by atoms with E-state index in [-0.39, 0.29) is 22.5 Å². The summed E-state index contributed by atoms with van der Waals surface area (Å²) in [6.07, 6.45) is 1.55. The molecule has 0 unspecified atom stereocenters. The van der Waals surface area contributed by atoms with E-state index in [0.29, 0.717) is 15.9 Å². The number of fused-ring (bicyclic) bond motifs is 2. The van der Waals surface area contributed by atoms with Gasteiger partial charge in [0.05, 0.1) is 16.6 Å². The Bertz CT molecular complexity index is 1210. The van der Waals surface area contributed by atoms with Gasteiger partial charge >= 0.3 is 11.9 Å². The molecular formula is C20H13ClN2O5. The Balaban J connectivity index is 0.000000167. The van der Waals surface area contributed by atoms with Gasteiger partial charge in [0, 0.05) is 22.0 Å². The van der Waals surface area contributed by atoms with E-state index in [2.05, 4.69) is 9.97 Å². The predicted octanol–water partition coefficient (Wildman–Crippen LogP) is 4.23. The molecule has 2 heterocycles. The number of carboxylic acids is 2. The highest BCUT2D eigenvalue weighted by atomic mass is 35.5. The molecule has 0 fully saturated rings. The summed E-state index contributed by atoms with van der Waals surface area (Å²) in [7, 11) is 0. The molecule has 0 amide bonds. The van der Waals surface area contributed by atoms with E-state index in [4.69, 9.17) is 21.8 Å². The monoisotopic (exact) mass is 396 g/mol. The van der Waals surface area contributed by atoms with E-state index in [1.54, 1.807) is 42.6 Å². The van der Waals surface area contributed by atoms with Crippen LogP contribution < -0.4 is 0 Å². The highest BCUT2D eigenvalue weighted by Crippen LogP contribution is 2.24. The molecular weight excluding hydrogens is 384 g/mol. The van der Waals surface area contributed by atoms with Crippen LogP contribution in [0.1, 0.15) is 20.8 Å². The molecule has 0 saturated heterocycles. The fraction of sp³-hybridized carbons (Fsp3) is 0. The maximum Gasteiger partial charge on any atom is 0.354 e. The van der Waals surface area contributed by atoms with Crippen LogP contribution in [0.4, 0.5) is 0 Å². The second-order valence-electron chi connectivity index (χ2n) is 5.68. The summed E-state index contributed by atoms with van der Waals surface area (Å²) in [5.41, 5.74) is 0.735. The number of hydrogen-bond acceptors (Lipinski definition) is 5. The number of halogens is 1. The third-order valence-corrected chi connectivity index (χ3v) is 4.09. The Morgan fingerprint density at radius 3 is 2.43 bits per heavy atom. The Morgan fingerprint density at radius 2 is 1.71 bits per heavy atom. The lowest BCUT2D eigenvalue weighted by molar-refractivity contribution is 0.0680. The molecule has 0 radical (unpaired) electrons. The molecule has 4 rings (SSSR count). The van der Waals surface area contributed by atoms with E-state index < -0.39 is 11.9 Å². The van der Waals surface area contributed by atoms with Crippen molar-refractivity contribution in [2.45, 2.75) is 0 Å². The third-order valence-electron chi connectivity index (χ3n) is 3.85. The Kier molecular flexibility index (Phi) is 5.37. The van der Waals surface area contributed by atoms with Crippen LogP contribution in [0.15, 0.2) is 60.8 Å². The van der Waals surface area contributed by atoms with Gasteiger partial charge in [-0.15, -0.1) is 0 Å². The van der Waals surface area contributed by atoms with Gasteiger partial charge in [0.15, 0.2) is 0 Å². The molecule has 7 nitrogen and oxygen atoms in total. The number of nitrogens with zero attached hydrogens (tertiary/aromatic N) is 2. The zero-order valence-electron chi connectivity index (χ0n) is 14.2. The summed E-state index contributed by atoms with van der Waals surface area (Å²) in [5, 5.41) is 29.0. The second kappa shape index (κ2) is 7.89. The molecule has 3 N–H and O–H groups in total. The summed E-state index contributed by atoms with van der Waals surface area (Å²) < 4.78 is 0. The number of carbonyl (C=O) groups is 2. The number of hydrogen-bond donors (Lipinski definition) is 3. The van der Waals surface area contributed by atoms with Crippen molar-refractivity contribution < 1.29 is 24.9 Å². The summed E-state index contributed by atoms with van der Waals surface area (Å²) in [4.78, 5) is 29.5. The first kappa shape index (κ1) is 19.1. The molecule has 0 aliphatic carbocycles. The average Bonchev–Trinajstić information content (AvgIpc) is 2.67. The fourth-order valence-electron chi connectivity index (χ4n) is 2.54. The van der Waals surface area contributed by atoms with E-state index in [1.165, 1.54) is 18.2 Å². The van der Waals surface area contributed by atoms with Gasteiger partial charge in [0.2, 0.25) is 0 Å². The van der Waals surface area contributed by atoms with E-state index in [1.807, 2.05) is 0 Å². The molecule has 0 atom stereocenters. The number of aromatic hydroxyl groups is 1. The van der Waals surface area contributed by atoms with Crippen LogP contribution in [0.2, 0.25) is 5.02 Å². The first-order valence-electron chi connectivity index (χ1n) is 7.96. The largest absolute Gasteiger partial charge is 0.507 e. The van der Waals surface area contributed by atoms with Crippen LogP contribution in [0, 0.1) is 0 Å². The predicted molar refractivity (Wildman–Crippen MR) is 104 cm³/mol. The minimum Gasteiger partial charge on any atom is -0.507 e. The Labute approximate surface area is 163 Å². The average molecular weight is 397 g/mol. The third kappa shape index (κ3) is 3.99. The van der Waals surface area contributed by atoms with E-state index in [0.717, 1.165) is 5.39 Å². The van der Waals surface area contributed by atoms with E-state index >= 15 is 0 Å². The molecule has 0 bridgehead atoms. The van der Waals surface area contributed by atoms with Crippen LogP contribution in [-0.2, 0) is 0 Å². The minimum absolute atomic E-state index is 0.000556. The number of carboxylic acid groups (broad SMARTS) is 2. The lowest BCUT2D eigenvalue weighted by atomic mass is 10.1. The second-order valence-corrected chi connectivity index (χ2v) is 6.11. The standard InChI is InChI=1S/C11H7NO4.C9H6ClNO/c13-10(14)7-3-1-2-6-4-5-8(11(15)16)12-9(6)7;10-6-1-2-7-8(5-6)11-4-3-9(7)12/h1-5H,(H,13,14)(H,15,16);1-5H,(H,11,12). The first-order valence-corrected chi connectivity index (χ1v) is 8.34. The van der Waals surface area contributed by atoms with Gasteiger partial charge < -0.3 is 15.3 Å². The number of aromatic carboxylic acids is 2. The van der Waals surface area contributed by atoms with Crippen molar-refractivity contribution in [1.29, 1.82) is 0 Å². The topological polar surface area (TPSA) is 121 Å². The highest BCUT2D eigenvalue weighted by Gasteiger charge is 2.12. The van der Waals surface area contributed by atoms with Crippen LogP contribution in [0.25, 0.3) is 21.8 Å². The van der Waals surface area contributed by atoms with E-state index in [9.17, 15) is 14.7 Å². The van der Waals surface area contributed by atoms with Gasteiger partial charge in [0.1, 0.15) is 11.4 Å². The molecule has 0 aliphatic rings. The van der Waals surface area contributed by atoms with Gasteiger partial charge in [-0.1, -0.05) is 29.8 Å². The van der Waals surface area contributed by atoms with Gasteiger partial charge in [-0.3, -0.25) is 4.98 Å². The zero-order chi connectivity index (χ0) is 20.3. The summed E-state index contributed by atoms with van der Waals surface area (Å²) in [5.74, 6) is -2.07. The molecule has 0 saturated carbocycles. The van der Waals surface area contributed by atoms with Crippen LogP contribution >= 0.6 is 11.6 Å². The molecule has 4 aromatic rings. The van der Waals surface area contributed by atoms with Crippen molar-refractivity contribution in [3.63, 3.8) is 0 Å². The fourth-order valence-corrected chi connectivity index (χ4v) is 2.71. The zero-order valence-corrected chi connectivity index (χ0v) is 15.0. The Hall–Kier alpha value is -3.71. The first-order chi connectivity index (χ1) is 13.4. The van der Waals surface area contributed by atoms with Crippen molar-refractivity contribution in [3.8, 4) is 5.75 Å². The normalized spacial score (nSPS) is 10.3. The quantitative estimate of drug-likeness (QED) is 0.463. The number of rotatable bonds is 2. The number of benzene rings is 2. The van der Waals surface area contributed by atoms with Gasteiger partial charge in [-0.05, 0) is 36.4 Å². The van der Waals surface area contributed by atoms with Gasteiger partial charge in [-0.2, -0.15) is 0 Å².